The smallest absolute Gasteiger partial charge is 0.0364 e. The zero-order chi connectivity index (χ0) is 12.8. The van der Waals surface area contributed by atoms with E-state index in [0.29, 0.717) is 6.04 Å². The Morgan fingerprint density at radius 1 is 1.41 bits per heavy atom. The lowest BCUT2D eigenvalue weighted by molar-refractivity contribution is 0.548. The highest BCUT2D eigenvalue weighted by Gasteiger charge is 2.09. The molecule has 0 saturated heterocycles. The molecule has 0 fully saturated rings. The predicted octanol–water partition coefficient (Wildman–Crippen LogP) is 3.37. The fourth-order valence-electron chi connectivity index (χ4n) is 1.89. The standard InChI is InChI=1S/C15H24N2/c1-12(2)9-10-15(16-3)13-7-6-8-14(11-13)17(4)5/h6-8,11,15-16H,1,9-10H2,2-5H3. The van der Waals surface area contributed by atoms with Gasteiger partial charge in [-0.25, -0.2) is 0 Å². The molecule has 0 aliphatic rings. The minimum Gasteiger partial charge on any atom is -0.378 e. The molecule has 1 atom stereocenters. The maximum atomic E-state index is 3.96. The highest BCUT2D eigenvalue weighted by atomic mass is 15.1. The van der Waals surface area contributed by atoms with E-state index in [9.17, 15) is 0 Å². The Morgan fingerprint density at radius 2 is 2.12 bits per heavy atom. The van der Waals surface area contributed by atoms with Crippen LogP contribution in [0.15, 0.2) is 36.4 Å². The Balaban J connectivity index is 2.80. The number of anilines is 1. The van der Waals surface area contributed by atoms with E-state index in [2.05, 4.69) is 62.1 Å². The van der Waals surface area contributed by atoms with Gasteiger partial charge in [0.05, 0.1) is 0 Å². The quantitative estimate of drug-likeness (QED) is 0.757. The number of allylic oxidation sites excluding steroid dienone is 1. The maximum Gasteiger partial charge on any atom is 0.0364 e. The Bertz CT molecular complexity index is 369. The lowest BCUT2D eigenvalue weighted by Crippen LogP contribution is -2.17. The molecule has 1 unspecified atom stereocenters. The average molecular weight is 232 g/mol. The van der Waals surface area contributed by atoms with Gasteiger partial charge in [0.15, 0.2) is 0 Å². The van der Waals surface area contributed by atoms with Crippen molar-refractivity contribution in [2.24, 2.45) is 0 Å². The van der Waals surface area contributed by atoms with Gasteiger partial charge in [-0.3, -0.25) is 0 Å². The molecule has 0 aliphatic carbocycles. The Morgan fingerprint density at radius 3 is 2.65 bits per heavy atom. The minimum absolute atomic E-state index is 0.409. The average Bonchev–Trinajstić information content (AvgIpc) is 2.30. The number of hydrogen-bond acceptors (Lipinski definition) is 2. The van der Waals surface area contributed by atoms with Gasteiger partial charge in [0.2, 0.25) is 0 Å². The van der Waals surface area contributed by atoms with Gasteiger partial charge in [0.1, 0.15) is 0 Å². The van der Waals surface area contributed by atoms with Crippen LogP contribution in [0, 0.1) is 0 Å². The van der Waals surface area contributed by atoms with Crippen molar-refractivity contribution in [1.29, 1.82) is 0 Å². The largest absolute Gasteiger partial charge is 0.378 e. The van der Waals surface area contributed by atoms with E-state index in [1.807, 2.05) is 7.05 Å². The Labute approximate surface area is 105 Å². The van der Waals surface area contributed by atoms with Gasteiger partial charge in [-0.05, 0) is 44.5 Å². The van der Waals surface area contributed by atoms with Gasteiger partial charge in [0.25, 0.3) is 0 Å². The number of rotatable bonds is 6. The van der Waals surface area contributed by atoms with Crippen LogP contribution in [0.5, 0.6) is 0 Å². The summed E-state index contributed by atoms with van der Waals surface area (Å²) in [5.74, 6) is 0. The topological polar surface area (TPSA) is 15.3 Å². The molecular formula is C15H24N2. The van der Waals surface area contributed by atoms with Gasteiger partial charge in [-0.1, -0.05) is 17.7 Å². The Kier molecular flexibility index (Phi) is 5.23. The fraction of sp³-hybridized carbons (Fsp3) is 0.467. The third kappa shape index (κ3) is 4.23. The van der Waals surface area contributed by atoms with Crippen molar-refractivity contribution in [2.45, 2.75) is 25.8 Å². The molecule has 1 aromatic rings. The molecule has 1 aromatic carbocycles. The van der Waals surface area contributed by atoms with Crippen molar-refractivity contribution in [2.75, 3.05) is 26.0 Å². The summed E-state index contributed by atoms with van der Waals surface area (Å²) < 4.78 is 0. The second kappa shape index (κ2) is 6.45. The van der Waals surface area contributed by atoms with Gasteiger partial charge in [-0.2, -0.15) is 0 Å². The van der Waals surface area contributed by atoms with Crippen LogP contribution in [0.2, 0.25) is 0 Å². The lowest BCUT2D eigenvalue weighted by atomic mass is 9.99. The summed E-state index contributed by atoms with van der Waals surface area (Å²) in [6.07, 6.45) is 2.17. The van der Waals surface area contributed by atoms with E-state index in [1.165, 1.54) is 16.8 Å². The lowest BCUT2D eigenvalue weighted by Gasteiger charge is -2.19. The summed E-state index contributed by atoms with van der Waals surface area (Å²) in [6.45, 7) is 6.05. The number of nitrogens with one attached hydrogen (secondary N) is 1. The molecule has 17 heavy (non-hydrogen) atoms. The molecule has 0 radical (unpaired) electrons. The van der Waals surface area contributed by atoms with E-state index in [-0.39, 0.29) is 0 Å². The van der Waals surface area contributed by atoms with Crippen molar-refractivity contribution < 1.29 is 0 Å². The van der Waals surface area contributed by atoms with Gasteiger partial charge >= 0.3 is 0 Å². The highest BCUT2D eigenvalue weighted by molar-refractivity contribution is 5.47. The third-order valence-corrected chi connectivity index (χ3v) is 3.00. The summed E-state index contributed by atoms with van der Waals surface area (Å²) in [5, 5.41) is 3.38. The van der Waals surface area contributed by atoms with Crippen molar-refractivity contribution >= 4 is 5.69 Å². The molecule has 2 nitrogen and oxygen atoms in total. The second-order valence-corrected chi connectivity index (χ2v) is 4.83. The molecule has 0 aromatic heterocycles. The van der Waals surface area contributed by atoms with Crippen LogP contribution in [0.25, 0.3) is 0 Å². The molecule has 1 N–H and O–H groups in total. The van der Waals surface area contributed by atoms with Crippen LogP contribution in [0.4, 0.5) is 5.69 Å². The summed E-state index contributed by atoms with van der Waals surface area (Å²) in [5.41, 5.74) is 3.84. The molecule has 0 spiro atoms. The first-order chi connectivity index (χ1) is 8.04. The fourth-order valence-corrected chi connectivity index (χ4v) is 1.89. The number of benzene rings is 1. The molecule has 0 bridgehead atoms. The summed E-state index contributed by atoms with van der Waals surface area (Å²) >= 11 is 0. The zero-order valence-corrected chi connectivity index (χ0v) is 11.5. The van der Waals surface area contributed by atoms with E-state index >= 15 is 0 Å². The first-order valence-electron chi connectivity index (χ1n) is 6.13. The summed E-state index contributed by atoms with van der Waals surface area (Å²) in [6, 6.07) is 9.10. The number of hydrogen-bond donors (Lipinski definition) is 1. The zero-order valence-electron chi connectivity index (χ0n) is 11.5. The molecule has 94 valence electrons. The summed E-state index contributed by atoms with van der Waals surface area (Å²) in [4.78, 5) is 2.13. The molecule has 0 saturated carbocycles. The van der Waals surface area contributed by atoms with Crippen LogP contribution in [-0.4, -0.2) is 21.1 Å². The van der Waals surface area contributed by atoms with Gasteiger partial charge < -0.3 is 10.2 Å². The molecular weight excluding hydrogens is 208 g/mol. The first-order valence-corrected chi connectivity index (χ1v) is 6.13. The van der Waals surface area contributed by atoms with Crippen molar-refractivity contribution in [3.8, 4) is 0 Å². The van der Waals surface area contributed by atoms with E-state index in [1.54, 1.807) is 0 Å². The predicted molar refractivity (Wildman–Crippen MR) is 76.6 cm³/mol. The molecule has 1 rings (SSSR count). The van der Waals surface area contributed by atoms with Crippen LogP contribution >= 0.6 is 0 Å². The Hall–Kier alpha value is -1.28. The number of nitrogens with zero attached hydrogens (tertiary/aromatic N) is 1. The van der Waals surface area contributed by atoms with E-state index < -0.39 is 0 Å². The second-order valence-electron chi connectivity index (χ2n) is 4.83. The van der Waals surface area contributed by atoms with Crippen molar-refractivity contribution in [3.63, 3.8) is 0 Å². The van der Waals surface area contributed by atoms with Crippen LogP contribution < -0.4 is 10.2 Å². The minimum atomic E-state index is 0.409. The third-order valence-electron chi connectivity index (χ3n) is 3.00. The normalized spacial score (nSPS) is 12.2. The molecule has 0 aliphatic heterocycles. The monoisotopic (exact) mass is 232 g/mol. The SMILES string of the molecule is C=C(C)CCC(NC)c1cccc(N(C)C)c1. The van der Waals surface area contributed by atoms with Crippen molar-refractivity contribution in [1.82, 2.24) is 5.32 Å². The summed E-state index contributed by atoms with van der Waals surface area (Å²) in [7, 11) is 6.16. The highest BCUT2D eigenvalue weighted by Crippen LogP contribution is 2.23. The van der Waals surface area contributed by atoms with Gasteiger partial charge in [-0.15, -0.1) is 6.58 Å². The van der Waals surface area contributed by atoms with E-state index in [4.69, 9.17) is 0 Å². The maximum absolute atomic E-state index is 3.96. The first kappa shape index (κ1) is 13.8. The van der Waals surface area contributed by atoms with Crippen LogP contribution in [0.1, 0.15) is 31.4 Å². The molecule has 0 heterocycles. The van der Waals surface area contributed by atoms with Crippen LogP contribution in [-0.2, 0) is 0 Å². The molecule has 2 heteroatoms. The molecule has 0 amide bonds. The van der Waals surface area contributed by atoms with Gasteiger partial charge in [0, 0.05) is 25.8 Å². The van der Waals surface area contributed by atoms with Crippen molar-refractivity contribution in [3.05, 3.63) is 42.0 Å². The van der Waals surface area contributed by atoms with E-state index in [0.717, 1.165) is 12.8 Å². The van der Waals surface area contributed by atoms with Crippen LogP contribution in [0.3, 0.4) is 0 Å².